The first-order valence-corrected chi connectivity index (χ1v) is 6.44. The van der Waals surface area contributed by atoms with Gasteiger partial charge in [0.15, 0.2) is 0 Å². The molecular weight excluding hydrogens is 245 g/mol. The van der Waals surface area contributed by atoms with Crippen LogP contribution in [0.25, 0.3) is 6.08 Å². The SMILES string of the molecule is CC(CO)CCCNC(=O)/C=C/c1ccccc1F. The van der Waals surface area contributed by atoms with Gasteiger partial charge in [0.1, 0.15) is 5.82 Å². The van der Waals surface area contributed by atoms with Crippen LogP contribution in [0.15, 0.2) is 30.3 Å². The average Bonchev–Trinajstić information content (AvgIpc) is 2.42. The van der Waals surface area contributed by atoms with E-state index in [1.54, 1.807) is 18.2 Å². The Labute approximate surface area is 113 Å². The van der Waals surface area contributed by atoms with Crippen LogP contribution < -0.4 is 5.32 Å². The Morgan fingerprint density at radius 1 is 1.47 bits per heavy atom. The maximum Gasteiger partial charge on any atom is 0.244 e. The summed E-state index contributed by atoms with van der Waals surface area (Å²) in [6.07, 6.45) is 4.48. The third kappa shape index (κ3) is 6.15. The molecule has 1 aromatic rings. The first-order chi connectivity index (χ1) is 9.13. The number of carbonyl (C=O) groups is 1. The third-order valence-electron chi connectivity index (χ3n) is 2.80. The molecule has 1 aromatic carbocycles. The van der Waals surface area contributed by atoms with E-state index in [1.807, 2.05) is 6.92 Å². The largest absolute Gasteiger partial charge is 0.396 e. The van der Waals surface area contributed by atoms with Gasteiger partial charge >= 0.3 is 0 Å². The van der Waals surface area contributed by atoms with E-state index in [0.29, 0.717) is 12.1 Å². The minimum atomic E-state index is -0.344. The van der Waals surface area contributed by atoms with Gasteiger partial charge in [-0.3, -0.25) is 4.79 Å². The molecule has 0 aliphatic rings. The molecule has 0 radical (unpaired) electrons. The Hall–Kier alpha value is -1.68. The van der Waals surface area contributed by atoms with Gasteiger partial charge in [0.25, 0.3) is 0 Å². The van der Waals surface area contributed by atoms with Crippen LogP contribution in [0.1, 0.15) is 25.3 Å². The summed E-state index contributed by atoms with van der Waals surface area (Å²) < 4.78 is 13.3. The van der Waals surface area contributed by atoms with Crippen LogP contribution in [0, 0.1) is 11.7 Å². The second-order valence-electron chi connectivity index (χ2n) is 4.58. The molecule has 0 spiro atoms. The second kappa shape index (κ2) is 8.43. The van der Waals surface area contributed by atoms with Gasteiger partial charge in [0.2, 0.25) is 5.91 Å². The second-order valence-corrected chi connectivity index (χ2v) is 4.58. The Bertz CT molecular complexity index is 432. The number of amides is 1. The Kier molecular flexibility index (Phi) is 6.82. The predicted octanol–water partition coefficient (Wildman–Crippen LogP) is 2.36. The molecule has 0 heterocycles. The maximum atomic E-state index is 13.3. The molecule has 1 unspecified atom stereocenters. The summed E-state index contributed by atoms with van der Waals surface area (Å²) in [7, 11) is 0. The number of aliphatic hydroxyl groups is 1. The number of hydrogen-bond acceptors (Lipinski definition) is 2. The molecule has 1 amide bonds. The molecule has 3 nitrogen and oxygen atoms in total. The zero-order valence-electron chi connectivity index (χ0n) is 11.1. The quantitative estimate of drug-likeness (QED) is 0.587. The zero-order valence-corrected chi connectivity index (χ0v) is 11.1. The van der Waals surface area contributed by atoms with E-state index in [2.05, 4.69) is 5.32 Å². The number of halogens is 1. The van der Waals surface area contributed by atoms with Crippen molar-refractivity contribution in [1.82, 2.24) is 5.32 Å². The lowest BCUT2D eigenvalue weighted by Gasteiger charge is -2.07. The van der Waals surface area contributed by atoms with Gasteiger partial charge in [-0.15, -0.1) is 0 Å². The predicted molar refractivity (Wildman–Crippen MR) is 73.9 cm³/mol. The van der Waals surface area contributed by atoms with Crippen molar-refractivity contribution in [2.75, 3.05) is 13.2 Å². The summed E-state index contributed by atoms with van der Waals surface area (Å²) in [6.45, 7) is 2.69. The van der Waals surface area contributed by atoms with E-state index in [4.69, 9.17) is 5.11 Å². The number of hydrogen-bond donors (Lipinski definition) is 2. The fourth-order valence-corrected chi connectivity index (χ4v) is 1.59. The Morgan fingerprint density at radius 2 is 2.21 bits per heavy atom. The van der Waals surface area contributed by atoms with E-state index >= 15 is 0 Å². The number of rotatable bonds is 7. The summed E-state index contributed by atoms with van der Waals surface area (Å²) in [6, 6.07) is 6.29. The van der Waals surface area contributed by atoms with E-state index in [1.165, 1.54) is 18.2 Å². The molecule has 0 saturated heterocycles. The molecule has 0 aliphatic carbocycles. The highest BCUT2D eigenvalue weighted by Gasteiger charge is 2.01. The fourth-order valence-electron chi connectivity index (χ4n) is 1.59. The topological polar surface area (TPSA) is 49.3 Å². The molecule has 0 fully saturated rings. The molecule has 0 bridgehead atoms. The lowest BCUT2D eigenvalue weighted by atomic mass is 10.1. The van der Waals surface area contributed by atoms with Gasteiger partial charge in [-0.2, -0.15) is 0 Å². The molecule has 0 aliphatic heterocycles. The van der Waals surface area contributed by atoms with Gasteiger partial charge in [-0.1, -0.05) is 25.1 Å². The van der Waals surface area contributed by atoms with E-state index in [9.17, 15) is 9.18 Å². The van der Waals surface area contributed by atoms with Crippen molar-refractivity contribution in [2.24, 2.45) is 5.92 Å². The van der Waals surface area contributed by atoms with Crippen molar-refractivity contribution in [3.05, 3.63) is 41.7 Å². The smallest absolute Gasteiger partial charge is 0.244 e. The number of benzene rings is 1. The summed E-state index contributed by atoms with van der Waals surface area (Å²) in [5.41, 5.74) is 0.395. The maximum absolute atomic E-state index is 13.3. The molecule has 0 saturated carbocycles. The monoisotopic (exact) mass is 265 g/mol. The highest BCUT2D eigenvalue weighted by atomic mass is 19.1. The van der Waals surface area contributed by atoms with Crippen LogP contribution in [0.3, 0.4) is 0 Å². The summed E-state index contributed by atoms with van der Waals surface area (Å²) in [4.78, 5) is 11.5. The van der Waals surface area contributed by atoms with Gasteiger partial charge in [0.05, 0.1) is 0 Å². The first kappa shape index (κ1) is 15.4. The van der Waals surface area contributed by atoms with Crippen LogP contribution in [0.4, 0.5) is 4.39 Å². The van der Waals surface area contributed by atoms with Gasteiger partial charge in [0, 0.05) is 24.8 Å². The zero-order chi connectivity index (χ0) is 14.1. The third-order valence-corrected chi connectivity index (χ3v) is 2.80. The minimum absolute atomic E-state index is 0.168. The number of nitrogens with one attached hydrogen (secondary N) is 1. The average molecular weight is 265 g/mol. The van der Waals surface area contributed by atoms with Crippen LogP contribution in [0.2, 0.25) is 0 Å². The molecule has 0 aromatic heterocycles. The standard InChI is InChI=1S/C15H20FNO2/c1-12(11-18)5-4-10-17-15(19)9-8-13-6-2-3-7-14(13)16/h2-3,6-9,12,18H,4-5,10-11H2,1H3,(H,17,19)/b9-8+. The van der Waals surface area contributed by atoms with Crippen molar-refractivity contribution in [1.29, 1.82) is 0 Å². The van der Waals surface area contributed by atoms with Crippen LogP contribution in [-0.4, -0.2) is 24.2 Å². The lowest BCUT2D eigenvalue weighted by Crippen LogP contribution is -2.22. The van der Waals surface area contributed by atoms with Gasteiger partial charge in [-0.05, 0) is 30.9 Å². The van der Waals surface area contributed by atoms with Crippen LogP contribution >= 0.6 is 0 Å². The molecule has 4 heteroatoms. The van der Waals surface area contributed by atoms with Crippen molar-refractivity contribution >= 4 is 12.0 Å². The summed E-state index contributed by atoms with van der Waals surface area (Å²) >= 11 is 0. The molecular formula is C15H20FNO2. The summed E-state index contributed by atoms with van der Waals surface area (Å²) in [5.74, 6) is -0.325. The molecule has 19 heavy (non-hydrogen) atoms. The van der Waals surface area contributed by atoms with E-state index in [-0.39, 0.29) is 24.2 Å². The Balaban J connectivity index is 2.30. The van der Waals surface area contributed by atoms with E-state index in [0.717, 1.165) is 12.8 Å². The molecule has 2 N–H and O–H groups in total. The van der Waals surface area contributed by atoms with Crippen molar-refractivity contribution in [3.63, 3.8) is 0 Å². The molecule has 1 rings (SSSR count). The van der Waals surface area contributed by atoms with Crippen LogP contribution in [-0.2, 0) is 4.79 Å². The van der Waals surface area contributed by atoms with Crippen molar-refractivity contribution < 1.29 is 14.3 Å². The molecule has 104 valence electrons. The normalized spacial score (nSPS) is 12.6. The van der Waals surface area contributed by atoms with Crippen molar-refractivity contribution in [2.45, 2.75) is 19.8 Å². The van der Waals surface area contributed by atoms with Crippen LogP contribution in [0.5, 0.6) is 0 Å². The lowest BCUT2D eigenvalue weighted by molar-refractivity contribution is -0.116. The van der Waals surface area contributed by atoms with Gasteiger partial charge in [-0.25, -0.2) is 4.39 Å². The minimum Gasteiger partial charge on any atom is -0.396 e. The van der Waals surface area contributed by atoms with Crippen molar-refractivity contribution in [3.8, 4) is 0 Å². The van der Waals surface area contributed by atoms with E-state index < -0.39 is 0 Å². The number of carbonyl (C=O) groups excluding carboxylic acids is 1. The van der Waals surface area contributed by atoms with Gasteiger partial charge < -0.3 is 10.4 Å². The number of aliphatic hydroxyl groups excluding tert-OH is 1. The summed E-state index contributed by atoms with van der Waals surface area (Å²) in [5, 5.41) is 11.6. The first-order valence-electron chi connectivity index (χ1n) is 6.44. The Morgan fingerprint density at radius 3 is 2.89 bits per heavy atom. The molecule has 1 atom stereocenters. The highest BCUT2D eigenvalue weighted by molar-refractivity contribution is 5.91. The fraction of sp³-hybridized carbons (Fsp3) is 0.400. The highest BCUT2D eigenvalue weighted by Crippen LogP contribution is 2.07.